The number of ether oxygens (including phenoxy) is 2. The Balaban J connectivity index is 1.92. The van der Waals surface area contributed by atoms with Gasteiger partial charge in [0.25, 0.3) is 5.56 Å². The molecule has 0 fully saturated rings. The lowest BCUT2D eigenvalue weighted by molar-refractivity contribution is 0.00572. The fraction of sp³-hybridized carbons (Fsp3) is 0.370. The van der Waals surface area contributed by atoms with E-state index < -0.39 is 17.1 Å². The van der Waals surface area contributed by atoms with E-state index in [-0.39, 0.29) is 23.5 Å². The van der Waals surface area contributed by atoms with Gasteiger partial charge in [-0.1, -0.05) is 75.4 Å². The number of carbonyl (C=O) groups excluding carboxylic acids is 1. The molecule has 0 saturated heterocycles. The maximum Gasteiger partial charge on any atom is 0.361 e. The van der Waals surface area contributed by atoms with E-state index in [1.54, 1.807) is 20.8 Å². The van der Waals surface area contributed by atoms with Crippen molar-refractivity contribution < 1.29 is 14.3 Å². The van der Waals surface area contributed by atoms with Crippen molar-refractivity contribution in [3.05, 3.63) is 93.2 Å². The summed E-state index contributed by atoms with van der Waals surface area (Å²) in [7, 11) is 0. The minimum Gasteiger partial charge on any atom is -0.481 e. The van der Waals surface area contributed by atoms with E-state index in [1.165, 1.54) is 5.56 Å². The van der Waals surface area contributed by atoms with Crippen molar-refractivity contribution in [2.45, 2.75) is 65.6 Å². The van der Waals surface area contributed by atoms with E-state index in [1.807, 2.05) is 42.5 Å². The first-order valence-electron chi connectivity index (χ1n) is 11.0. The number of hydrogen-bond acceptors (Lipinski definition) is 5. The number of benzene rings is 2. The average Bonchev–Trinajstić information content (AvgIpc) is 2.72. The average molecular weight is 449 g/mol. The maximum absolute atomic E-state index is 12.9. The molecule has 33 heavy (non-hydrogen) atoms. The molecule has 0 unspecified atom stereocenters. The van der Waals surface area contributed by atoms with Gasteiger partial charge in [0, 0.05) is 6.42 Å². The van der Waals surface area contributed by atoms with Crippen LogP contribution in [0.15, 0.2) is 59.4 Å². The Kier molecular flexibility index (Phi) is 7.06. The van der Waals surface area contributed by atoms with E-state index in [0.717, 1.165) is 11.1 Å². The standard InChI is InChI=1S/C27H32N2O4/c1-26(2,3)20-14-12-18(13-15-20)16-21-28-22(25(31)33-27(4,5)6)23(24(30)29-21)32-17-19-10-8-7-9-11-19/h7-15H,16-17H2,1-6H3,(H,28,29,30). The predicted molar refractivity (Wildman–Crippen MR) is 129 cm³/mol. The number of esters is 1. The molecule has 3 aromatic rings. The summed E-state index contributed by atoms with van der Waals surface area (Å²) in [5, 5.41) is 0. The molecule has 1 N–H and O–H groups in total. The maximum atomic E-state index is 12.9. The lowest BCUT2D eigenvalue weighted by Gasteiger charge is -2.20. The van der Waals surface area contributed by atoms with Gasteiger partial charge in [-0.15, -0.1) is 0 Å². The molecule has 0 saturated carbocycles. The molecule has 6 heteroatoms. The van der Waals surface area contributed by atoms with Crippen LogP contribution < -0.4 is 10.3 Å². The number of hydrogen-bond donors (Lipinski definition) is 1. The number of aromatic amines is 1. The SMILES string of the molecule is CC(C)(C)OC(=O)c1nc(Cc2ccc(C(C)(C)C)cc2)[nH]c(=O)c1OCc1ccccc1. The molecular weight excluding hydrogens is 416 g/mol. The molecule has 174 valence electrons. The van der Waals surface area contributed by atoms with Gasteiger partial charge in [-0.2, -0.15) is 0 Å². The molecule has 0 aliphatic heterocycles. The van der Waals surface area contributed by atoms with Gasteiger partial charge in [-0.05, 0) is 42.9 Å². The van der Waals surface area contributed by atoms with Crippen LogP contribution in [0.4, 0.5) is 0 Å². The third-order valence-corrected chi connectivity index (χ3v) is 4.94. The topological polar surface area (TPSA) is 81.3 Å². The Morgan fingerprint density at radius 2 is 1.55 bits per heavy atom. The Morgan fingerprint density at radius 3 is 2.12 bits per heavy atom. The fourth-order valence-electron chi connectivity index (χ4n) is 3.24. The first kappa shape index (κ1) is 24.2. The van der Waals surface area contributed by atoms with Gasteiger partial charge < -0.3 is 14.5 Å². The summed E-state index contributed by atoms with van der Waals surface area (Å²) < 4.78 is 11.2. The molecule has 1 heterocycles. The van der Waals surface area contributed by atoms with Gasteiger partial charge in [0.05, 0.1) is 0 Å². The molecule has 0 bridgehead atoms. The molecule has 0 amide bonds. The molecule has 0 aliphatic carbocycles. The summed E-state index contributed by atoms with van der Waals surface area (Å²) in [5.41, 5.74) is 1.74. The van der Waals surface area contributed by atoms with Crippen LogP contribution >= 0.6 is 0 Å². The van der Waals surface area contributed by atoms with Crippen molar-refractivity contribution in [3.8, 4) is 5.75 Å². The molecular formula is C27H32N2O4. The second-order valence-corrected chi connectivity index (χ2v) is 10.1. The first-order chi connectivity index (χ1) is 15.4. The number of nitrogens with zero attached hydrogens (tertiary/aromatic N) is 1. The van der Waals surface area contributed by atoms with Crippen molar-refractivity contribution in [1.29, 1.82) is 0 Å². The highest BCUT2D eigenvalue weighted by atomic mass is 16.6. The van der Waals surface area contributed by atoms with Crippen LogP contribution in [0, 0.1) is 0 Å². The minimum atomic E-state index is -0.735. The van der Waals surface area contributed by atoms with Crippen molar-refractivity contribution >= 4 is 5.97 Å². The number of carbonyl (C=O) groups is 1. The van der Waals surface area contributed by atoms with Crippen LogP contribution in [0.1, 0.15) is 74.5 Å². The third kappa shape index (κ3) is 6.78. The van der Waals surface area contributed by atoms with Gasteiger partial charge in [0.1, 0.15) is 18.0 Å². The first-order valence-corrected chi connectivity index (χ1v) is 11.0. The van der Waals surface area contributed by atoms with Crippen LogP contribution in [0.25, 0.3) is 0 Å². The van der Waals surface area contributed by atoms with Gasteiger partial charge in [-0.3, -0.25) is 4.79 Å². The van der Waals surface area contributed by atoms with Gasteiger partial charge >= 0.3 is 5.97 Å². The summed E-state index contributed by atoms with van der Waals surface area (Å²) in [6, 6.07) is 17.6. The van der Waals surface area contributed by atoms with Crippen LogP contribution in [-0.2, 0) is 23.2 Å². The van der Waals surface area contributed by atoms with E-state index in [9.17, 15) is 9.59 Å². The zero-order chi connectivity index (χ0) is 24.2. The minimum absolute atomic E-state index is 0.0483. The Morgan fingerprint density at radius 1 is 0.909 bits per heavy atom. The quantitative estimate of drug-likeness (QED) is 0.525. The Hall–Kier alpha value is -3.41. The monoisotopic (exact) mass is 448 g/mol. The third-order valence-electron chi connectivity index (χ3n) is 4.94. The Bertz CT molecular complexity index is 1150. The van der Waals surface area contributed by atoms with E-state index >= 15 is 0 Å². The van der Waals surface area contributed by atoms with E-state index in [2.05, 4.69) is 42.9 Å². The number of aromatic nitrogens is 2. The lowest BCUT2D eigenvalue weighted by atomic mass is 9.86. The predicted octanol–water partition coefficient (Wildman–Crippen LogP) is 5.19. The second-order valence-electron chi connectivity index (χ2n) is 10.1. The smallest absolute Gasteiger partial charge is 0.361 e. The summed E-state index contributed by atoms with van der Waals surface area (Å²) >= 11 is 0. The van der Waals surface area contributed by atoms with E-state index in [0.29, 0.717) is 12.2 Å². The molecule has 0 atom stereocenters. The fourth-order valence-corrected chi connectivity index (χ4v) is 3.24. The zero-order valence-electron chi connectivity index (χ0n) is 20.2. The summed E-state index contributed by atoms with van der Waals surface area (Å²) in [4.78, 5) is 33.0. The molecule has 0 spiro atoms. The highest BCUT2D eigenvalue weighted by Crippen LogP contribution is 2.23. The van der Waals surface area contributed by atoms with Crippen molar-refractivity contribution in [2.75, 3.05) is 0 Å². The van der Waals surface area contributed by atoms with Gasteiger partial charge in [-0.25, -0.2) is 9.78 Å². The van der Waals surface area contributed by atoms with Gasteiger partial charge in [0.15, 0.2) is 5.69 Å². The highest BCUT2D eigenvalue weighted by Gasteiger charge is 2.26. The molecule has 1 aromatic heterocycles. The number of H-pyrrole nitrogens is 1. The normalized spacial score (nSPS) is 11.8. The Labute approximate surface area is 195 Å². The summed E-state index contributed by atoms with van der Waals surface area (Å²) in [6.45, 7) is 11.9. The largest absolute Gasteiger partial charge is 0.481 e. The van der Waals surface area contributed by atoms with Crippen molar-refractivity contribution in [3.63, 3.8) is 0 Å². The molecule has 0 radical (unpaired) electrons. The molecule has 3 rings (SSSR count). The molecule has 6 nitrogen and oxygen atoms in total. The molecule has 2 aromatic carbocycles. The molecule has 0 aliphatic rings. The lowest BCUT2D eigenvalue weighted by Crippen LogP contribution is -2.28. The van der Waals surface area contributed by atoms with Crippen LogP contribution in [0.5, 0.6) is 5.75 Å². The number of nitrogens with one attached hydrogen (secondary N) is 1. The second kappa shape index (κ2) is 9.61. The van der Waals surface area contributed by atoms with Crippen LogP contribution in [0.2, 0.25) is 0 Å². The highest BCUT2D eigenvalue weighted by molar-refractivity contribution is 5.90. The van der Waals surface area contributed by atoms with Gasteiger partial charge in [0.2, 0.25) is 5.75 Å². The zero-order valence-corrected chi connectivity index (χ0v) is 20.2. The van der Waals surface area contributed by atoms with Crippen molar-refractivity contribution in [2.24, 2.45) is 0 Å². The number of rotatable bonds is 6. The summed E-state index contributed by atoms with van der Waals surface area (Å²) in [6.07, 6.45) is 0.369. The summed E-state index contributed by atoms with van der Waals surface area (Å²) in [5.74, 6) is -0.461. The van der Waals surface area contributed by atoms with Crippen LogP contribution in [0.3, 0.4) is 0 Å². The van der Waals surface area contributed by atoms with E-state index in [4.69, 9.17) is 9.47 Å². The van der Waals surface area contributed by atoms with Crippen molar-refractivity contribution in [1.82, 2.24) is 9.97 Å². The van der Waals surface area contributed by atoms with Crippen LogP contribution in [-0.4, -0.2) is 21.5 Å².